The van der Waals surface area contributed by atoms with Gasteiger partial charge in [0.1, 0.15) is 5.76 Å². The fourth-order valence-electron chi connectivity index (χ4n) is 4.32. The summed E-state index contributed by atoms with van der Waals surface area (Å²) in [5.74, 6) is -0.478. The second kappa shape index (κ2) is 7.27. The van der Waals surface area contributed by atoms with E-state index in [1.165, 1.54) is 6.26 Å². The topological polar surface area (TPSA) is 84.6 Å². The molecule has 0 bridgehead atoms. The molecule has 7 heteroatoms. The highest BCUT2D eigenvalue weighted by Gasteiger charge is 2.51. The monoisotopic (exact) mass is 419 g/mol. The van der Waals surface area contributed by atoms with E-state index in [-0.39, 0.29) is 12.3 Å². The van der Waals surface area contributed by atoms with Crippen molar-refractivity contribution in [1.82, 2.24) is 14.8 Å². The number of imide groups is 1. The van der Waals surface area contributed by atoms with Crippen molar-refractivity contribution < 1.29 is 18.8 Å². The van der Waals surface area contributed by atoms with E-state index in [0.717, 1.165) is 33.1 Å². The molecule has 1 saturated heterocycles. The van der Waals surface area contributed by atoms with Gasteiger partial charge in [-0.3, -0.25) is 14.5 Å². The van der Waals surface area contributed by atoms with E-state index in [2.05, 4.69) is 23.5 Å². The highest BCUT2D eigenvalue weighted by Crippen LogP contribution is 2.30. The third-order valence-corrected chi connectivity index (χ3v) is 5.79. The molecular formula is C24H25N3O4. The summed E-state index contributed by atoms with van der Waals surface area (Å²) < 4.78 is 7.35. The number of carbonyl (C=O) groups excluding carboxylic acids is 3. The first-order valence-electron chi connectivity index (χ1n) is 10.1. The van der Waals surface area contributed by atoms with Crippen molar-refractivity contribution >= 4 is 17.7 Å². The molecule has 0 saturated carbocycles. The Morgan fingerprint density at radius 1 is 1.06 bits per heavy atom. The first-order chi connectivity index (χ1) is 14.6. The number of carbonyl (C=O) groups is 3. The largest absolute Gasteiger partial charge is 0.466 e. The van der Waals surface area contributed by atoms with Gasteiger partial charge in [0.2, 0.25) is 0 Å². The van der Waals surface area contributed by atoms with Crippen LogP contribution < -0.4 is 5.32 Å². The highest BCUT2D eigenvalue weighted by molar-refractivity contribution is 6.11. The van der Waals surface area contributed by atoms with E-state index < -0.39 is 17.5 Å². The quantitative estimate of drug-likeness (QED) is 0.501. The molecule has 1 N–H and O–H groups in total. The van der Waals surface area contributed by atoms with Crippen molar-refractivity contribution in [3.05, 3.63) is 76.5 Å². The van der Waals surface area contributed by atoms with Gasteiger partial charge in [0.05, 0.1) is 12.8 Å². The fraction of sp³-hybridized carbons (Fsp3) is 0.292. The van der Waals surface area contributed by atoms with Crippen molar-refractivity contribution in [2.24, 2.45) is 0 Å². The number of aryl methyl sites for hydroxylation is 3. The minimum absolute atomic E-state index is 0.295. The van der Waals surface area contributed by atoms with Crippen LogP contribution in [0.4, 0.5) is 4.79 Å². The molecule has 3 aromatic rings. The van der Waals surface area contributed by atoms with Crippen molar-refractivity contribution in [3.63, 3.8) is 0 Å². The number of nitrogens with zero attached hydrogens (tertiary/aromatic N) is 2. The minimum Gasteiger partial charge on any atom is -0.466 e. The van der Waals surface area contributed by atoms with E-state index in [4.69, 9.17) is 4.42 Å². The summed E-state index contributed by atoms with van der Waals surface area (Å²) in [4.78, 5) is 39.6. The average molecular weight is 419 g/mol. The maximum atomic E-state index is 13.1. The molecule has 7 nitrogen and oxygen atoms in total. The molecule has 4 rings (SSSR count). The first-order valence-corrected chi connectivity index (χ1v) is 10.1. The lowest BCUT2D eigenvalue weighted by atomic mass is 9.99. The highest BCUT2D eigenvalue weighted by atomic mass is 16.3. The van der Waals surface area contributed by atoms with Crippen LogP contribution in [0.2, 0.25) is 0 Å². The molecule has 3 heterocycles. The van der Waals surface area contributed by atoms with E-state index in [0.29, 0.717) is 11.3 Å². The molecule has 1 aliphatic rings. The molecular weight excluding hydrogens is 394 g/mol. The van der Waals surface area contributed by atoms with Crippen LogP contribution in [0.5, 0.6) is 0 Å². The number of Topliss-reactive ketones (excluding diaryl/α,β-unsaturated/α-hetero) is 1. The van der Waals surface area contributed by atoms with Crippen molar-refractivity contribution in [2.45, 2.75) is 40.2 Å². The molecule has 2 aromatic heterocycles. The Hall–Kier alpha value is -3.61. The van der Waals surface area contributed by atoms with Crippen LogP contribution in [0.15, 0.2) is 47.1 Å². The van der Waals surface area contributed by atoms with Gasteiger partial charge < -0.3 is 14.3 Å². The van der Waals surface area contributed by atoms with Gasteiger partial charge in [0.15, 0.2) is 11.3 Å². The number of aromatic nitrogens is 1. The Kier molecular flexibility index (Phi) is 4.84. The molecule has 3 amide bonds. The lowest BCUT2D eigenvalue weighted by molar-refractivity contribution is -0.131. The lowest BCUT2D eigenvalue weighted by Crippen LogP contribution is -2.41. The van der Waals surface area contributed by atoms with E-state index in [1.807, 2.05) is 32.3 Å². The van der Waals surface area contributed by atoms with Crippen molar-refractivity contribution in [2.75, 3.05) is 6.54 Å². The van der Waals surface area contributed by atoms with Crippen molar-refractivity contribution in [1.29, 1.82) is 0 Å². The Bertz CT molecular complexity index is 1190. The van der Waals surface area contributed by atoms with Gasteiger partial charge in [-0.15, -0.1) is 0 Å². The Balaban J connectivity index is 1.63. The van der Waals surface area contributed by atoms with Gasteiger partial charge in [-0.2, -0.15) is 0 Å². The average Bonchev–Trinajstić information content (AvgIpc) is 3.37. The maximum absolute atomic E-state index is 13.1. The minimum atomic E-state index is -1.32. The summed E-state index contributed by atoms with van der Waals surface area (Å²) in [5.41, 5.74) is 4.09. The normalized spacial score (nSPS) is 18.5. The molecule has 1 fully saturated rings. The van der Waals surface area contributed by atoms with Crippen LogP contribution in [-0.2, 0) is 10.3 Å². The Labute approximate surface area is 180 Å². The number of ketones is 1. The maximum Gasteiger partial charge on any atom is 0.325 e. The van der Waals surface area contributed by atoms with Gasteiger partial charge in [-0.05, 0) is 76.1 Å². The van der Waals surface area contributed by atoms with Crippen LogP contribution in [-0.4, -0.2) is 33.7 Å². The summed E-state index contributed by atoms with van der Waals surface area (Å²) in [6.07, 6.45) is 1.44. The molecule has 1 atom stereocenters. The number of rotatable bonds is 5. The van der Waals surface area contributed by atoms with Crippen LogP contribution in [0.25, 0.3) is 5.69 Å². The molecule has 1 aromatic carbocycles. The van der Waals surface area contributed by atoms with Crippen LogP contribution in [0.1, 0.15) is 45.6 Å². The zero-order valence-electron chi connectivity index (χ0n) is 18.3. The molecule has 1 unspecified atom stereocenters. The molecule has 0 spiro atoms. The van der Waals surface area contributed by atoms with Crippen LogP contribution >= 0.6 is 0 Å². The third-order valence-electron chi connectivity index (χ3n) is 5.79. The number of amides is 3. The predicted octanol–water partition coefficient (Wildman–Crippen LogP) is 3.95. The fourth-order valence-corrected chi connectivity index (χ4v) is 4.32. The molecule has 160 valence electrons. The number of nitrogens with one attached hydrogen (secondary N) is 1. The van der Waals surface area contributed by atoms with Crippen molar-refractivity contribution in [3.8, 4) is 5.69 Å². The summed E-state index contributed by atoms with van der Waals surface area (Å²) in [5, 5.41) is 2.65. The third kappa shape index (κ3) is 3.36. The number of urea groups is 1. The lowest BCUT2D eigenvalue weighted by Gasteiger charge is -2.18. The zero-order chi connectivity index (χ0) is 22.5. The van der Waals surface area contributed by atoms with Gasteiger partial charge >= 0.3 is 6.03 Å². The van der Waals surface area contributed by atoms with Gasteiger partial charge in [0, 0.05) is 22.6 Å². The second-order valence-electron chi connectivity index (χ2n) is 8.31. The summed E-state index contributed by atoms with van der Waals surface area (Å²) in [6, 6.07) is 10.7. The molecule has 0 aliphatic carbocycles. The Morgan fingerprint density at radius 2 is 1.74 bits per heavy atom. The van der Waals surface area contributed by atoms with Gasteiger partial charge in [-0.1, -0.05) is 6.07 Å². The molecule has 31 heavy (non-hydrogen) atoms. The zero-order valence-corrected chi connectivity index (χ0v) is 18.3. The SMILES string of the molecule is Cc1cc(C)cc(-n2c(C)cc(C(=O)CN3C(=O)NC(C)(c4ccco4)C3=O)c2C)c1. The number of benzene rings is 1. The number of hydrogen-bond donors (Lipinski definition) is 1. The number of furan rings is 1. The van der Waals surface area contributed by atoms with E-state index in [9.17, 15) is 14.4 Å². The number of hydrogen-bond acceptors (Lipinski definition) is 4. The molecule has 1 aliphatic heterocycles. The summed E-state index contributed by atoms with van der Waals surface area (Å²) in [7, 11) is 0. The first kappa shape index (κ1) is 20.7. The second-order valence-corrected chi connectivity index (χ2v) is 8.31. The van der Waals surface area contributed by atoms with Gasteiger partial charge in [0.25, 0.3) is 5.91 Å². The van der Waals surface area contributed by atoms with Crippen LogP contribution in [0.3, 0.4) is 0 Å². The van der Waals surface area contributed by atoms with E-state index >= 15 is 0 Å². The van der Waals surface area contributed by atoms with Crippen LogP contribution in [0, 0.1) is 27.7 Å². The Morgan fingerprint density at radius 3 is 2.35 bits per heavy atom. The standard InChI is InChI=1S/C24H25N3O4/c1-14-9-15(2)11-18(10-14)27-16(3)12-19(17(27)4)20(28)13-26-22(29)24(5,25-23(26)30)21-7-6-8-31-21/h6-12H,13H2,1-5H3,(H,25,30). The molecule has 0 radical (unpaired) electrons. The summed E-state index contributed by atoms with van der Waals surface area (Å²) >= 11 is 0. The van der Waals surface area contributed by atoms with E-state index in [1.54, 1.807) is 25.1 Å². The summed E-state index contributed by atoms with van der Waals surface area (Å²) in [6.45, 7) is 9.11. The van der Waals surface area contributed by atoms with Gasteiger partial charge in [-0.25, -0.2) is 4.79 Å². The predicted molar refractivity (Wildman–Crippen MR) is 115 cm³/mol. The smallest absolute Gasteiger partial charge is 0.325 e.